The minimum absolute atomic E-state index is 0.0646. The molecule has 0 aromatic carbocycles. The molecular formula is C11H18N4O. The summed E-state index contributed by atoms with van der Waals surface area (Å²) in [7, 11) is 0. The molecule has 1 saturated carbocycles. The maximum Gasteiger partial charge on any atom is 0.221 e. The molecule has 0 aliphatic heterocycles. The van der Waals surface area contributed by atoms with Gasteiger partial charge in [-0.15, -0.1) is 0 Å². The van der Waals surface area contributed by atoms with Gasteiger partial charge in [0.2, 0.25) is 5.91 Å². The van der Waals surface area contributed by atoms with Crippen molar-refractivity contribution in [3.05, 3.63) is 12.4 Å². The van der Waals surface area contributed by atoms with Crippen molar-refractivity contribution < 1.29 is 4.79 Å². The third kappa shape index (κ3) is 2.61. The normalized spacial score (nSPS) is 25.4. The van der Waals surface area contributed by atoms with Crippen LogP contribution in [0.2, 0.25) is 0 Å². The van der Waals surface area contributed by atoms with Gasteiger partial charge in [-0.25, -0.2) is 0 Å². The number of carbonyl (C=O) groups excluding carboxylic acids is 1. The fraction of sp³-hybridized carbons (Fsp3) is 0.636. The quantitative estimate of drug-likeness (QED) is 0.791. The molecule has 2 rings (SSSR count). The molecule has 88 valence electrons. The molecule has 0 bridgehead atoms. The summed E-state index contributed by atoms with van der Waals surface area (Å²) < 4.78 is 1.94. The molecule has 1 aliphatic carbocycles. The molecule has 1 fully saturated rings. The number of nitrogens with one attached hydrogen (secondary N) is 1. The van der Waals surface area contributed by atoms with Crippen LogP contribution in [0.3, 0.4) is 0 Å². The first kappa shape index (κ1) is 11.1. The summed E-state index contributed by atoms with van der Waals surface area (Å²) in [6.07, 6.45) is 7.84. The summed E-state index contributed by atoms with van der Waals surface area (Å²) in [5.74, 6) is -0.0646. The molecule has 16 heavy (non-hydrogen) atoms. The van der Waals surface area contributed by atoms with E-state index in [9.17, 15) is 4.79 Å². The van der Waals surface area contributed by atoms with Gasteiger partial charge in [-0.3, -0.25) is 9.48 Å². The number of aromatic nitrogens is 2. The van der Waals surface area contributed by atoms with E-state index in [0.717, 1.165) is 31.4 Å². The third-order valence-electron chi connectivity index (χ3n) is 3.04. The smallest absolute Gasteiger partial charge is 0.221 e. The second-order valence-electron chi connectivity index (χ2n) is 4.46. The highest BCUT2D eigenvalue weighted by Gasteiger charge is 2.20. The van der Waals surface area contributed by atoms with Crippen LogP contribution in [0, 0.1) is 0 Å². The predicted octanol–water partition coefficient (Wildman–Crippen LogP) is 1.28. The van der Waals surface area contributed by atoms with Gasteiger partial charge in [0, 0.05) is 19.2 Å². The van der Waals surface area contributed by atoms with Crippen molar-refractivity contribution in [2.24, 2.45) is 5.73 Å². The van der Waals surface area contributed by atoms with E-state index >= 15 is 0 Å². The second-order valence-corrected chi connectivity index (χ2v) is 4.46. The van der Waals surface area contributed by atoms with Crippen molar-refractivity contribution in [2.75, 3.05) is 5.32 Å². The minimum atomic E-state index is -0.0646. The lowest BCUT2D eigenvalue weighted by Crippen LogP contribution is -2.27. The van der Waals surface area contributed by atoms with Crippen LogP contribution in [0.4, 0.5) is 5.69 Å². The predicted molar refractivity (Wildman–Crippen MR) is 62.0 cm³/mol. The van der Waals surface area contributed by atoms with Crippen LogP contribution in [0.25, 0.3) is 0 Å². The highest BCUT2D eigenvalue weighted by molar-refractivity contribution is 5.88. The van der Waals surface area contributed by atoms with Crippen molar-refractivity contribution in [1.82, 2.24) is 9.78 Å². The number of rotatable bonds is 2. The average Bonchev–Trinajstić information content (AvgIpc) is 2.66. The summed E-state index contributed by atoms with van der Waals surface area (Å²) in [6, 6.07) is 0.781. The fourth-order valence-corrected chi connectivity index (χ4v) is 2.17. The average molecular weight is 222 g/mol. The van der Waals surface area contributed by atoms with Crippen molar-refractivity contribution in [3.63, 3.8) is 0 Å². The number of hydrogen-bond acceptors (Lipinski definition) is 3. The largest absolute Gasteiger partial charge is 0.328 e. The number of amides is 1. The molecule has 1 amide bonds. The molecule has 0 saturated heterocycles. The molecule has 0 radical (unpaired) electrons. The van der Waals surface area contributed by atoms with Gasteiger partial charge >= 0.3 is 0 Å². The fourth-order valence-electron chi connectivity index (χ4n) is 2.17. The Bertz CT molecular complexity index is 366. The SMILES string of the molecule is CC(=O)Nc1cnn(C2CCC(N)CC2)c1. The highest BCUT2D eigenvalue weighted by Crippen LogP contribution is 2.27. The van der Waals surface area contributed by atoms with Crippen LogP contribution >= 0.6 is 0 Å². The van der Waals surface area contributed by atoms with E-state index < -0.39 is 0 Å². The van der Waals surface area contributed by atoms with Crippen molar-refractivity contribution in [1.29, 1.82) is 0 Å². The Hall–Kier alpha value is -1.36. The Morgan fingerprint density at radius 3 is 2.81 bits per heavy atom. The first-order valence-electron chi connectivity index (χ1n) is 5.72. The van der Waals surface area contributed by atoms with Crippen molar-refractivity contribution in [2.45, 2.75) is 44.7 Å². The Morgan fingerprint density at radius 2 is 2.19 bits per heavy atom. The summed E-state index contributed by atoms with van der Waals surface area (Å²) in [6.45, 7) is 1.50. The second kappa shape index (κ2) is 4.65. The van der Waals surface area contributed by atoms with Gasteiger partial charge in [-0.05, 0) is 25.7 Å². The Labute approximate surface area is 95.0 Å². The van der Waals surface area contributed by atoms with Gasteiger partial charge in [0.1, 0.15) is 0 Å². The molecule has 0 spiro atoms. The molecule has 1 heterocycles. The maximum atomic E-state index is 10.9. The lowest BCUT2D eigenvalue weighted by Gasteiger charge is -2.26. The molecule has 1 aromatic rings. The van der Waals surface area contributed by atoms with E-state index in [1.807, 2.05) is 10.9 Å². The topological polar surface area (TPSA) is 72.9 Å². The zero-order valence-electron chi connectivity index (χ0n) is 9.52. The summed E-state index contributed by atoms with van der Waals surface area (Å²) in [5.41, 5.74) is 6.63. The molecule has 0 unspecified atom stereocenters. The van der Waals surface area contributed by atoms with Gasteiger partial charge in [-0.1, -0.05) is 0 Å². The molecule has 5 nitrogen and oxygen atoms in total. The van der Waals surface area contributed by atoms with Gasteiger partial charge in [0.05, 0.1) is 17.9 Å². The van der Waals surface area contributed by atoms with Crippen molar-refractivity contribution >= 4 is 11.6 Å². The maximum absolute atomic E-state index is 10.9. The van der Waals surface area contributed by atoms with E-state index in [2.05, 4.69) is 10.4 Å². The number of hydrogen-bond donors (Lipinski definition) is 2. The van der Waals surface area contributed by atoms with E-state index in [1.165, 1.54) is 6.92 Å². The summed E-state index contributed by atoms with van der Waals surface area (Å²) >= 11 is 0. The van der Waals surface area contributed by atoms with Crippen LogP contribution in [0.5, 0.6) is 0 Å². The van der Waals surface area contributed by atoms with Crippen LogP contribution in [-0.4, -0.2) is 21.7 Å². The van der Waals surface area contributed by atoms with Crippen LogP contribution in [0.1, 0.15) is 38.6 Å². The zero-order chi connectivity index (χ0) is 11.5. The molecule has 0 atom stereocenters. The van der Waals surface area contributed by atoms with Crippen LogP contribution in [-0.2, 0) is 4.79 Å². The Morgan fingerprint density at radius 1 is 1.50 bits per heavy atom. The summed E-state index contributed by atoms with van der Waals surface area (Å²) in [4.78, 5) is 10.9. The number of nitrogens with zero attached hydrogens (tertiary/aromatic N) is 2. The van der Waals surface area contributed by atoms with E-state index in [4.69, 9.17) is 5.73 Å². The Balaban J connectivity index is 1.99. The van der Waals surface area contributed by atoms with Gasteiger partial charge in [-0.2, -0.15) is 5.10 Å². The molecule has 3 N–H and O–H groups in total. The zero-order valence-corrected chi connectivity index (χ0v) is 9.52. The van der Waals surface area contributed by atoms with E-state index in [0.29, 0.717) is 12.1 Å². The molecule has 1 aromatic heterocycles. The van der Waals surface area contributed by atoms with E-state index in [1.54, 1.807) is 6.20 Å². The van der Waals surface area contributed by atoms with Crippen LogP contribution in [0.15, 0.2) is 12.4 Å². The standard InChI is InChI=1S/C11H18N4O/c1-8(16)14-10-6-13-15(7-10)11-4-2-9(12)3-5-11/h6-7,9,11H,2-5,12H2,1H3,(H,14,16). The summed E-state index contributed by atoms with van der Waals surface area (Å²) in [5, 5.41) is 7.01. The number of nitrogens with two attached hydrogens (primary N) is 1. The minimum Gasteiger partial charge on any atom is -0.328 e. The lowest BCUT2D eigenvalue weighted by atomic mass is 9.92. The van der Waals surface area contributed by atoms with Crippen molar-refractivity contribution in [3.8, 4) is 0 Å². The third-order valence-corrected chi connectivity index (χ3v) is 3.04. The van der Waals surface area contributed by atoms with Crippen LogP contribution < -0.4 is 11.1 Å². The number of anilines is 1. The molecule has 5 heteroatoms. The lowest BCUT2D eigenvalue weighted by molar-refractivity contribution is -0.114. The monoisotopic (exact) mass is 222 g/mol. The Kier molecular flexibility index (Phi) is 3.24. The van der Waals surface area contributed by atoms with Gasteiger partial charge in [0.15, 0.2) is 0 Å². The highest BCUT2D eigenvalue weighted by atomic mass is 16.1. The molecular weight excluding hydrogens is 204 g/mol. The van der Waals surface area contributed by atoms with Gasteiger partial charge in [0.25, 0.3) is 0 Å². The first-order valence-corrected chi connectivity index (χ1v) is 5.72. The van der Waals surface area contributed by atoms with Gasteiger partial charge < -0.3 is 11.1 Å². The number of carbonyl (C=O) groups is 1. The van der Waals surface area contributed by atoms with E-state index in [-0.39, 0.29) is 5.91 Å². The first-order chi connectivity index (χ1) is 7.65. The molecule has 1 aliphatic rings.